The number of benzene rings is 2. The Kier molecular flexibility index (Phi) is 9.54. The Bertz CT molecular complexity index is 1140. The van der Waals surface area contributed by atoms with Crippen LogP contribution in [0.3, 0.4) is 0 Å². The number of aromatic nitrogens is 3. The standard InChI is InChI=1S/C25H31N5O4S/c1-5-33-21-13-12-20(14-22(21)34-6-2)26-23(31)16-29(4)24(32)17-35-25-28-27-18(3)30(25)15-19-10-8-7-9-11-19/h7-14H,5-6,15-17H2,1-4H3,(H,26,31). The molecule has 0 radical (unpaired) electrons. The van der Waals surface area contributed by atoms with E-state index in [1.807, 2.05) is 55.7 Å². The lowest BCUT2D eigenvalue weighted by Gasteiger charge is -2.17. The Morgan fingerprint density at radius 2 is 1.74 bits per heavy atom. The minimum Gasteiger partial charge on any atom is -0.490 e. The number of carbonyl (C=O) groups excluding carboxylic acids is 2. The van der Waals surface area contributed by atoms with E-state index < -0.39 is 0 Å². The Morgan fingerprint density at radius 1 is 1.03 bits per heavy atom. The number of ether oxygens (including phenoxy) is 2. The average molecular weight is 498 g/mol. The molecular formula is C25H31N5O4S. The van der Waals surface area contributed by atoms with Gasteiger partial charge in [0.25, 0.3) is 0 Å². The first-order chi connectivity index (χ1) is 16.9. The first kappa shape index (κ1) is 26.1. The van der Waals surface area contributed by atoms with E-state index in [0.717, 1.165) is 11.4 Å². The predicted octanol–water partition coefficient (Wildman–Crippen LogP) is 3.62. The van der Waals surface area contributed by atoms with E-state index in [9.17, 15) is 9.59 Å². The quantitative estimate of drug-likeness (QED) is 0.382. The van der Waals surface area contributed by atoms with Gasteiger partial charge in [0.2, 0.25) is 11.8 Å². The van der Waals surface area contributed by atoms with Gasteiger partial charge in [0.15, 0.2) is 16.7 Å². The summed E-state index contributed by atoms with van der Waals surface area (Å²) in [4.78, 5) is 26.6. The molecule has 10 heteroatoms. The molecule has 1 aromatic heterocycles. The van der Waals surface area contributed by atoms with Crippen LogP contribution in [0.2, 0.25) is 0 Å². The topological polar surface area (TPSA) is 98.6 Å². The van der Waals surface area contributed by atoms with Crippen molar-refractivity contribution in [2.75, 3.05) is 37.9 Å². The normalized spacial score (nSPS) is 10.6. The van der Waals surface area contributed by atoms with Crippen molar-refractivity contribution in [1.29, 1.82) is 0 Å². The van der Waals surface area contributed by atoms with Crippen molar-refractivity contribution in [3.63, 3.8) is 0 Å². The SMILES string of the molecule is CCOc1ccc(NC(=O)CN(C)C(=O)CSc2nnc(C)n2Cc2ccccc2)cc1OCC. The summed E-state index contributed by atoms with van der Waals surface area (Å²) >= 11 is 1.30. The predicted molar refractivity (Wildman–Crippen MR) is 136 cm³/mol. The first-order valence-corrected chi connectivity index (χ1v) is 12.4. The van der Waals surface area contributed by atoms with Crippen LogP contribution < -0.4 is 14.8 Å². The van der Waals surface area contributed by atoms with Crippen LogP contribution in [0.1, 0.15) is 25.2 Å². The third kappa shape index (κ3) is 7.48. The van der Waals surface area contributed by atoms with Gasteiger partial charge in [-0.15, -0.1) is 10.2 Å². The van der Waals surface area contributed by atoms with Gasteiger partial charge in [-0.2, -0.15) is 0 Å². The molecule has 0 saturated heterocycles. The molecule has 0 saturated carbocycles. The molecule has 0 spiro atoms. The van der Waals surface area contributed by atoms with Gasteiger partial charge in [-0.05, 0) is 38.5 Å². The maximum atomic E-state index is 12.7. The van der Waals surface area contributed by atoms with Crippen molar-refractivity contribution < 1.29 is 19.1 Å². The monoisotopic (exact) mass is 497 g/mol. The highest BCUT2D eigenvalue weighted by molar-refractivity contribution is 7.99. The molecule has 0 aliphatic rings. The number of hydrogen-bond acceptors (Lipinski definition) is 7. The van der Waals surface area contributed by atoms with E-state index in [4.69, 9.17) is 9.47 Å². The summed E-state index contributed by atoms with van der Waals surface area (Å²) < 4.78 is 13.1. The molecule has 2 aromatic carbocycles. The summed E-state index contributed by atoms with van der Waals surface area (Å²) in [7, 11) is 1.60. The highest BCUT2D eigenvalue weighted by atomic mass is 32.2. The summed E-state index contributed by atoms with van der Waals surface area (Å²) in [6.07, 6.45) is 0. The lowest BCUT2D eigenvalue weighted by atomic mass is 10.2. The fourth-order valence-corrected chi connectivity index (χ4v) is 4.21. The fraction of sp³-hybridized carbons (Fsp3) is 0.360. The van der Waals surface area contributed by atoms with Crippen molar-refractivity contribution in [2.24, 2.45) is 0 Å². The molecule has 1 heterocycles. The zero-order valence-electron chi connectivity index (χ0n) is 20.5. The number of thioether (sulfide) groups is 1. The number of nitrogens with zero attached hydrogens (tertiary/aromatic N) is 4. The van der Waals surface area contributed by atoms with Gasteiger partial charge >= 0.3 is 0 Å². The molecule has 186 valence electrons. The number of hydrogen-bond donors (Lipinski definition) is 1. The molecule has 2 amide bonds. The van der Waals surface area contributed by atoms with Crippen LogP contribution in [-0.2, 0) is 16.1 Å². The van der Waals surface area contributed by atoms with Crippen LogP contribution in [0.5, 0.6) is 11.5 Å². The van der Waals surface area contributed by atoms with Gasteiger partial charge < -0.3 is 24.3 Å². The number of rotatable bonds is 12. The third-order valence-corrected chi connectivity index (χ3v) is 6.00. The molecule has 9 nitrogen and oxygen atoms in total. The summed E-state index contributed by atoms with van der Waals surface area (Å²) in [6.45, 7) is 7.20. The van der Waals surface area contributed by atoms with Crippen molar-refractivity contribution in [1.82, 2.24) is 19.7 Å². The minimum atomic E-state index is -0.305. The molecule has 3 aromatic rings. The molecule has 1 N–H and O–H groups in total. The second-order valence-corrected chi connectivity index (χ2v) is 8.66. The number of amides is 2. The van der Waals surface area contributed by atoms with Crippen LogP contribution in [0, 0.1) is 6.92 Å². The molecule has 0 bridgehead atoms. The van der Waals surface area contributed by atoms with Crippen LogP contribution in [0.4, 0.5) is 5.69 Å². The number of likely N-dealkylation sites (N-methyl/N-ethyl adjacent to an activating group) is 1. The van der Waals surface area contributed by atoms with Crippen LogP contribution in [0.25, 0.3) is 0 Å². The zero-order valence-corrected chi connectivity index (χ0v) is 21.3. The molecule has 3 rings (SSSR count). The minimum absolute atomic E-state index is 0.0771. The van der Waals surface area contributed by atoms with Crippen molar-refractivity contribution >= 4 is 29.3 Å². The van der Waals surface area contributed by atoms with Crippen LogP contribution in [0.15, 0.2) is 53.7 Å². The van der Waals surface area contributed by atoms with Gasteiger partial charge in [-0.1, -0.05) is 42.1 Å². The highest BCUT2D eigenvalue weighted by Gasteiger charge is 2.17. The molecule has 0 atom stereocenters. The highest BCUT2D eigenvalue weighted by Crippen LogP contribution is 2.30. The number of carbonyl (C=O) groups is 2. The second kappa shape index (κ2) is 12.8. The van der Waals surface area contributed by atoms with E-state index in [1.165, 1.54) is 16.7 Å². The number of nitrogens with one attached hydrogen (secondary N) is 1. The zero-order chi connectivity index (χ0) is 25.2. The molecule has 35 heavy (non-hydrogen) atoms. The fourth-order valence-electron chi connectivity index (χ4n) is 3.29. The number of anilines is 1. The number of aryl methyl sites for hydroxylation is 1. The largest absolute Gasteiger partial charge is 0.490 e. The molecule has 0 aliphatic heterocycles. The Morgan fingerprint density at radius 3 is 2.46 bits per heavy atom. The second-order valence-electron chi connectivity index (χ2n) is 7.72. The van der Waals surface area contributed by atoms with E-state index in [1.54, 1.807) is 25.2 Å². The summed E-state index contributed by atoms with van der Waals surface area (Å²) in [5.41, 5.74) is 1.70. The van der Waals surface area contributed by atoms with Gasteiger partial charge in [-0.3, -0.25) is 9.59 Å². The van der Waals surface area contributed by atoms with Gasteiger partial charge in [-0.25, -0.2) is 0 Å². The van der Waals surface area contributed by atoms with Gasteiger partial charge in [0.1, 0.15) is 5.82 Å². The summed E-state index contributed by atoms with van der Waals surface area (Å²) in [6, 6.07) is 15.2. The van der Waals surface area contributed by atoms with Gasteiger partial charge in [0, 0.05) is 18.8 Å². The smallest absolute Gasteiger partial charge is 0.243 e. The van der Waals surface area contributed by atoms with Crippen LogP contribution in [-0.4, -0.2) is 64.0 Å². The van der Waals surface area contributed by atoms with E-state index >= 15 is 0 Å². The molecule has 0 aliphatic carbocycles. The first-order valence-electron chi connectivity index (χ1n) is 11.4. The van der Waals surface area contributed by atoms with Gasteiger partial charge in [0.05, 0.1) is 32.1 Å². The summed E-state index contributed by atoms with van der Waals surface area (Å²) in [5, 5.41) is 11.8. The maximum Gasteiger partial charge on any atom is 0.243 e. The summed E-state index contributed by atoms with van der Waals surface area (Å²) in [5.74, 6) is 1.61. The lowest BCUT2D eigenvalue weighted by Crippen LogP contribution is -2.36. The molecule has 0 unspecified atom stereocenters. The Labute approximate surface area is 209 Å². The third-order valence-electron chi connectivity index (χ3n) is 5.04. The van der Waals surface area contributed by atoms with E-state index in [0.29, 0.717) is 42.1 Å². The van der Waals surface area contributed by atoms with Crippen molar-refractivity contribution in [2.45, 2.75) is 32.5 Å². The molecular weight excluding hydrogens is 466 g/mol. The lowest BCUT2D eigenvalue weighted by molar-refractivity contribution is -0.131. The van der Waals surface area contributed by atoms with E-state index in [-0.39, 0.29) is 24.1 Å². The van der Waals surface area contributed by atoms with E-state index in [2.05, 4.69) is 15.5 Å². The molecule has 0 fully saturated rings. The van der Waals surface area contributed by atoms with Crippen molar-refractivity contribution in [3.05, 3.63) is 59.9 Å². The Hall–Kier alpha value is -3.53. The Balaban J connectivity index is 1.54. The van der Waals surface area contributed by atoms with Crippen molar-refractivity contribution in [3.8, 4) is 11.5 Å². The van der Waals surface area contributed by atoms with Crippen LogP contribution >= 0.6 is 11.8 Å². The average Bonchev–Trinajstić information content (AvgIpc) is 3.19. The maximum absolute atomic E-state index is 12.7.